The quantitative estimate of drug-likeness (QED) is 0.161. The van der Waals surface area contributed by atoms with Crippen molar-refractivity contribution in [3.05, 3.63) is 211 Å². The number of fused-ring (bicyclic) bond motifs is 6. The number of ether oxygens (including phenoxy) is 2. The molecule has 0 amide bonds. The van der Waals surface area contributed by atoms with E-state index in [-0.39, 0.29) is 88.8 Å². The normalized spacial score (nSPS) is 16.8. The first-order valence-corrected chi connectivity index (χ1v) is 26.4. The summed E-state index contributed by atoms with van der Waals surface area (Å²) < 4.78 is 90.8. The van der Waals surface area contributed by atoms with Crippen molar-refractivity contribution < 1.29 is 41.5 Å². The molecular weight excluding hydrogens is 1120 g/mol. The number of nitrogens with zero attached hydrogens (tertiary/aromatic N) is 4. The SMILES string of the molecule is [2H]c1c([2H])c([2H])c2c(c1[2H])c1ccc3[c-]c1n2-c1cc(C([2H])([2H])C(C)C)c(cn1)-c1ccccc1Oc1ccccc1-c1cccc(-c2ccc4c(c2)C(C)(C)CCC4(C)C)c1N1[CH-]N(c2[c-]c(c(C([2H])([2H])C(C)C)cc2)O3)c2ccccc21.[Pt]. The van der Waals surface area contributed by atoms with E-state index in [1.54, 1.807) is 35.0 Å². The van der Waals surface area contributed by atoms with Crippen LogP contribution in [0.1, 0.15) is 101 Å². The molecule has 4 aliphatic rings. The van der Waals surface area contributed by atoms with E-state index in [0.29, 0.717) is 33.7 Å². The molecule has 1 aliphatic carbocycles. The molecule has 77 heavy (non-hydrogen) atoms. The number of rotatable bonds is 5. The molecule has 0 saturated heterocycles. The van der Waals surface area contributed by atoms with Gasteiger partial charge >= 0.3 is 0 Å². The van der Waals surface area contributed by atoms with Gasteiger partial charge in [0.1, 0.15) is 17.3 Å². The predicted octanol–water partition coefficient (Wildman–Crippen LogP) is 18.8. The minimum atomic E-state index is -1.98. The largest absolute Gasteiger partial charge is 0.509 e. The van der Waals surface area contributed by atoms with E-state index in [4.69, 9.17) is 17.2 Å². The Kier molecular flexibility index (Phi) is 10.6. The van der Waals surface area contributed by atoms with E-state index < -0.39 is 36.7 Å². The molecule has 0 fully saturated rings. The van der Waals surface area contributed by atoms with E-state index in [2.05, 4.69) is 111 Å². The van der Waals surface area contributed by atoms with Gasteiger partial charge in [0.15, 0.2) is 0 Å². The summed E-state index contributed by atoms with van der Waals surface area (Å²) in [5.74, 6) is 0.428. The van der Waals surface area contributed by atoms with Crippen LogP contribution in [0.3, 0.4) is 0 Å². The Bertz CT molecular complexity index is 4360. The van der Waals surface area contributed by atoms with E-state index in [1.165, 1.54) is 11.1 Å². The van der Waals surface area contributed by atoms with E-state index >= 15 is 0 Å². The third-order valence-corrected chi connectivity index (χ3v) is 15.3. The number of hydrogen-bond acceptors (Lipinski definition) is 5. The second kappa shape index (κ2) is 19.6. The van der Waals surface area contributed by atoms with Crippen LogP contribution in [0, 0.1) is 30.6 Å². The molecule has 7 heteroatoms. The molecule has 5 heterocycles. The fourth-order valence-electron chi connectivity index (χ4n) is 11.5. The molecule has 0 spiro atoms. The van der Waals surface area contributed by atoms with Crippen LogP contribution in [0.4, 0.5) is 22.7 Å². The third-order valence-electron chi connectivity index (χ3n) is 15.3. The summed E-state index contributed by atoms with van der Waals surface area (Å²) in [5.41, 5.74) is 11.5. The average molecular weight is 1200 g/mol. The average Bonchev–Trinajstić information content (AvgIpc) is 2.86. The third kappa shape index (κ3) is 8.83. The van der Waals surface area contributed by atoms with Crippen LogP contribution in [0.25, 0.3) is 61.0 Å². The Morgan fingerprint density at radius 1 is 0.623 bits per heavy atom. The van der Waals surface area contributed by atoms with Crippen molar-refractivity contribution in [2.75, 3.05) is 9.80 Å². The zero-order valence-electron chi connectivity index (χ0n) is 52.4. The van der Waals surface area contributed by atoms with Crippen LogP contribution in [0.5, 0.6) is 23.0 Å². The molecule has 8 bridgehead atoms. The van der Waals surface area contributed by atoms with Gasteiger partial charge in [-0.15, -0.1) is 47.6 Å². The van der Waals surface area contributed by atoms with Gasteiger partial charge in [0.05, 0.1) is 5.48 Å². The summed E-state index contributed by atoms with van der Waals surface area (Å²) in [7, 11) is 0. The first kappa shape index (κ1) is 41.7. The van der Waals surface area contributed by atoms with Gasteiger partial charge in [-0.25, -0.2) is 4.98 Å². The second-order valence-electron chi connectivity index (χ2n) is 22.2. The van der Waals surface area contributed by atoms with E-state index in [0.717, 1.165) is 52.2 Å². The summed E-state index contributed by atoms with van der Waals surface area (Å²) in [5, 5.41) is 0.653. The van der Waals surface area contributed by atoms with Crippen LogP contribution in [0.2, 0.25) is 0 Å². The zero-order valence-corrected chi connectivity index (χ0v) is 46.7. The molecule has 0 radical (unpaired) electrons. The van der Waals surface area contributed by atoms with E-state index in [1.807, 2.05) is 88.4 Å². The van der Waals surface area contributed by atoms with Gasteiger partial charge in [-0.3, -0.25) is 0 Å². The molecule has 3 aliphatic heterocycles. The number of aromatic nitrogens is 2. The van der Waals surface area contributed by atoms with Crippen LogP contribution < -0.4 is 19.3 Å². The van der Waals surface area contributed by atoms with Gasteiger partial charge in [0, 0.05) is 94.6 Å². The number of para-hydroxylation sites is 6. The first-order chi connectivity index (χ1) is 40.0. The molecule has 388 valence electrons. The Morgan fingerprint density at radius 2 is 1.27 bits per heavy atom. The minimum absolute atomic E-state index is 0. The van der Waals surface area contributed by atoms with Crippen molar-refractivity contribution in [2.45, 2.75) is 91.8 Å². The van der Waals surface area contributed by atoms with Crippen LogP contribution in [0.15, 0.2) is 170 Å². The molecular formula is C70H63N4O2Pt-3. The van der Waals surface area contributed by atoms with E-state index in [9.17, 15) is 8.22 Å². The molecule has 0 N–H and O–H groups in total. The number of anilines is 4. The van der Waals surface area contributed by atoms with Gasteiger partial charge in [0.25, 0.3) is 0 Å². The van der Waals surface area contributed by atoms with Crippen molar-refractivity contribution in [3.8, 4) is 62.2 Å². The summed E-state index contributed by atoms with van der Waals surface area (Å²) in [6.45, 7) is 18.7. The topological polar surface area (TPSA) is 42.8 Å². The molecule has 8 aromatic carbocycles. The molecule has 10 aromatic rings. The maximum absolute atomic E-state index is 9.83. The van der Waals surface area contributed by atoms with Crippen molar-refractivity contribution in [2.24, 2.45) is 11.8 Å². The Balaban J connectivity index is 0.00000709. The molecule has 2 aromatic heterocycles. The molecule has 0 atom stereocenters. The number of pyridine rings is 1. The monoisotopic (exact) mass is 1190 g/mol. The van der Waals surface area contributed by atoms with Gasteiger partial charge < -0.3 is 23.8 Å². The zero-order chi connectivity index (χ0) is 59.1. The van der Waals surface area contributed by atoms with Crippen molar-refractivity contribution >= 4 is 44.6 Å². The fraction of sp³-hybridized carbons (Fsp3) is 0.229. The first-order valence-electron chi connectivity index (χ1n) is 30.4. The minimum Gasteiger partial charge on any atom is -0.509 e. The Labute approximate surface area is 479 Å². The van der Waals surface area contributed by atoms with Crippen molar-refractivity contribution in [1.29, 1.82) is 0 Å². The van der Waals surface area contributed by atoms with Crippen LogP contribution >= 0.6 is 0 Å². The molecule has 0 unspecified atom stereocenters. The van der Waals surface area contributed by atoms with Gasteiger partial charge in [-0.05, 0) is 100.0 Å². The number of benzene rings is 8. The summed E-state index contributed by atoms with van der Waals surface area (Å²) in [6, 6.07) is 51.3. The van der Waals surface area contributed by atoms with Gasteiger partial charge in [0.2, 0.25) is 0 Å². The number of hydrogen-bond donors (Lipinski definition) is 0. The Hall–Kier alpha value is -7.40. The smallest absolute Gasteiger partial charge is 0.135 e. The molecule has 0 saturated carbocycles. The predicted molar refractivity (Wildman–Crippen MR) is 313 cm³/mol. The van der Waals surface area contributed by atoms with Crippen LogP contribution in [-0.4, -0.2) is 9.55 Å². The summed E-state index contributed by atoms with van der Waals surface area (Å²) >= 11 is 0. The fourth-order valence-corrected chi connectivity index (χ4v) is 11.5. The second-order valence-corrected chi connectivity index (χ2v) is 22.2. The standard InChI is InChI=1S/C70H63N4O2.Pt/c1-44(2)36-47-28-30-49-40-66(47)75-50-31-32-53-52-18-9-12-23-60(52)74(63(53)41-50)67-39-48(37-45(3)4)57(42-71-67)55-20-11-16-27-65(55)76-64-26-15-10-19-54(64)56-22-17-21-51(68(56)73-43-72(49)61-24-13-14-25-62(61)73)46-29-33-58-59(38-46)70(7,8)35-34-69(58,5)6;/h9-33,38-39,42-45H,34-37H2,1-8H3;/q-3;/i9D,12D,18D,23D,36D2,37D2;. The Morgan fingerprint density at radius 3 is 2.03 bits per heavy atom. The summed E-state index contributed by atoms with van der Waals surface area (Å²) in [6.07, 6.45) is -0.128. The van der Waals surface area contributed by atoms with Gasteiger partial charge in [-0.1, -0.05) is 176 Å². The van der Waals surface area contributed by atoms with Gasteiger partial charge in [-0.2, -0.15) is 12.1 Å². The van der Waals surface area contributed by atoms with Crippen molar-refractivity contribution in [3.63, 3.8) is 0 Å². The maximum Gasteiger partial charge on any atom is 0.135 e. The van der Waals surface area contributed by atoms with Crippen LogP contribution in [-0.2, 0) is 44.6 Å². The molecule has 6 nitrogen and oxygen atoms in total. The maximum atomic E-state index is 9.83. The van der Waals surface area contributed by atoms with Crippen molar-refractivity contribution in [1.82, 2.24) is 9.55 Å². The summed E-state index contributed by atoms with van der Waals surface area (Å²) in [4.78, 5) is 9.35. The molecule has 14 rings (SSSR count).